The van der Waals surface area contributed by atoms with Crippen LogP contribution >= 0.6 is 0 Å². The fourth-order valence-corrected chi connectivity index (χ4v) is 3.13. The summed E-state index contributed by atoms with van der Waals surface area (Å²) in [4.78, 5) is 12.2. The lowest BCUT2D eigenvalue weighted by Crippen LogP contribution is -2.42. The predicted octanol–water partition coefficient (Wildman–Crippen LogP) is 3.12. The molecular formula is C17H30N4O2. The molecule has 2 heterocycles. The Kier molecular flexibility index (Phi) is 5.68. The third-order valence-corrected chi connectivity index (χ3v) is 4.68. The number of carbonyl (C=O) groups excluding carboxylic acids is 1. The summed E-state index contributed by atoms with van der Waals surface area (Å²) in [7, 11) is 1.86. The van der Waals surface area contributed by atoms with Crippen LogP contribution in [0.1, 0.15) is 52.1 Å². The van der Waals surface area contributed by atoms with Crippen LogP contribution in [0.15, 0.2) is 6.20 Å². The van der Waals surface area contributed by atoms with E-state index in [1.165, 1.54) is 0 Å². The van der Waals surface area contributed by atoms with Gasteiger partial charge in [0.2, 0.25) is 0 Å². The number of carbonyl (C=O) groups is 1. The Balaban J connectivity index is 1.89. The fourth-order valence-electron chi connectivity index (χ4n) is 3.13. The van der Waals surface area contributed by atoms with Gasteiger partial charge in [-0.2, -0.15) is 5.10 Å². The highest BCUT2D eigenvalue weighted by Gasteiger charge is 2.31. The van der Waals surface area contributed by atoms with Crippen LogP contribution in [0.5, 0.6) is 0 Å². The molecule has 2 rings (SSSR count). The quantitative estimate of drug-likeness (QED) is 0.875. The molecule has 0 unspecified atom stereocenters. The van der Waals surface area contributed by atoms with Crippen LogP contribution in [0.25, 0.3) is 0 Å². The standard InChI is InChI=1S/C17H30N4O2/c1-12(2)15-14(10-21(5)20-15)19-16(22)18-11-17(3,4)13-6-8-23-9-7-13/h10,12-13H,6-9,11H2,1-5H3,(H2,18,19,22). The summed E-state index contributed by atoms with van der Waals surface area (Å²) in [6.07, 6.45) is 3.98. The summed E-state index contributed by atoms with van der Waals surface area (Å²) in [5.74, 6) is 0.853. The first-order chi connectivity index (χ1) is 10.8. The molecule has 6 nitrogen and oxygen atoms in total. The van der Waals surface area contributed by atoms with Gasteiger partial charge in [0.25, 0.3) is 0 Å². The minimum atomic E-state index is -0.167. The molecule has 130 valence electrons. The molecule has 0 radical (unpaired) electrons. The molecule has 0 aliphatic carbocycles. The molecule has 0 aromatic carbocycles. The van der Waals surface area contributed by atoms with E-state index >= 15 is 0 Å². The zero-order chi connectivity index (χ0) is 17.0. The van der Waals surface area contributed by atoms with Gasteiger partial charge in [0.1, 0.15) is 0 Å². The van der Waals surface area contributed by atoms with Gasteiger partial charge in [0, 0.05) is 33.0 Å². The molecule has 1 fully saturated rings. The molecule has 1 aliphatic rings. The zero-order valence-corrected chi connectivity index (χ0v) is 15.0. The number of hydrogen-bond acceptors (Lipinski definition) is 3. The van der Waals surface area contributed by atoms with Crippen LogP contribution in [-0.2, 0) is 11.8 Å². The SMILES string of the molecule is CC(C)c1nn(C)cc1NC(=O)NCC(C)(C)C1CCOCC1. The molecule has 2 N–H and O–H groups in total. The lowest BCUT2D eigenvalue weighted by molar-refractivity contribution is 0.0238. The molecule has 0 spiro atoms. The topological polar surface area (TPSA) is 68.2 Å². The highest BCUT2D eigenvalue weighted by molar-refractivity contribution is 5.89. The Morgan fingerprint density at radius 2 is 2.09 bits per heavy atom. The van der Waals surface area contributed by atoms with E-state index in [4.69, 9.17) is 4.74 Å². The van der Waals surface area contributed by atoms with E-state index in [2.05, 4.69) is 43.4 Å². The smallest absolute Gasteiger partial charge is 0.319 e. The van der Waals surface area contributed by atoms with Crippen molar-refractivity contribution in [2.24, 2.45) is 18.4 Å². The number of rotatable bonds is 5. The van der Waals surface area contributed by atoms with Gasteiger partial charge in [-0.1, -0.05) is 27.7 Å². The van der Waals surface area contributed by atoms with Gasteiger partial charge in [0.15, 0.2) is 0 Å². The van der Waals surface area contributed by atoms with E-state index in [0.717, 1.165) is 37.4 Å². The van der Waals surface area contributed by atoms with E-state index < -0.39 is 0 Å². The molecule has 0 saturated carbocycles. The Morgan fingerprint density at radius 1 is 1.43 bits per heavy atom. The van der Waals surface area contributed by atoms with E-state index in [9.17, 15) is 4.79 Å². The molecule has 1 saturated heterocycles. The first-order valence-corrected chi connectivity index (χ1v) is 8.45. The minimum absolute atomic E-state index is 0.0664. The maximum atomic E-state index is 12.2. The largest absolute Gasteiger partial charge is 0.381 e. The van der Waals surface area contributed by atoms with E-state index in [1.54, 1.807) is 4.68 Å². The van der Waals surface area contributed by atoms with E-state index in [-0.39, 0.29) is 17.4 Å². The Morgan fingerprint density at radius 3 is 2.70 bits per heavy atom. The van der Waals surface area contributed by atoms with Gasteiger partial charge < -0.3 is 15.4 Å². The summed E-state index contributed by atoms with van der Waals surface area (Å²) in [5, 5.41) is 10.4. The van der Waals surface area contributed by atoms with Crippen LogP contribution in [0, 0.1) is 11.3 Å². The van der Waals surface area contributed by atoms with Crippen molar-refractivity contribution >= 4 is 11.7 Å². The predicted molar refractivity (Wildman–Crippen MR) is 91.6 cm³/mol. The van der Waals surface area contributed by atoms with E-state index in [1.807, 2.05) is 13.2 Å². The monoisotopic (exact) mass is 322 g/mol. The number of nitrogens with one attached hydrogen (secondary N) is 2. The molecule has 23 heavy (non-hydrogen) atoms. The third-order valence-electron chi connectivity index (χ3n) is 4.68. The number of aryl methyl sites for hydroxylation is 1. The fraction of sp³-hybridized carbons (Fsp3) is 0.765. The van der Waals surface area contributed by atoms with Crippen molar-refractivity contribution in [1.29, 1.82) is 0 Å². The number of ether oxygens (including phenoxy) is 1. The highest BCUT2D eigenvalue weighted by Crippen LogP contribution is 2.33. The lowest BCUT2D eigenvalue weighted by atomic mass is 9.74. The number of hydrogen-bond donors (Lipinski definition) is 2. The second-order valence-electron chi connectivity index (χ2n) is 7.44. The van der Waals surface area contributed by atoms with Gasteiger partial charge in [-0.15, -0.1) is 0 Å². The van der Waals surface area contributed by atoms with Crippen molar-refractivity contribution in [2.75, 3.05) is 25.1 Å². The Bertz CT molecular complexity index is 531. The molecule has 1 aromatic rings. The lowest BCUT2D eigenvalue weighted by Gasteiger charge is -2.37. The van der Waals surface area contributed by atoms with Crippen LogP contribution < -0.4 is 10.6 Å². The summed E-state index contributed by atoms with van der Waals surface area (Å²) in [6.45, 7) is 10.9. The second-order valence-corrected chi connectivity index (χ2v) is 7.44. The number of aromatic nitrogens is 2. The van der Waals surface area contributed by atoms with Gasteiger partial charge >= 0.3 is 6.03 Å². The average molecular weight is 322 g/mol. The molecule has 1 aromatic heterocycles. The van der Waals surface area contributed by atoms with Gasteiger partial charge in [0.05, 0.1) is 11.4 Å². The number of urea groups is 1. The summed E-state index contributed by atoms with van der Waals surface area (Å²) >= 11 is 0. The molecule has 0 atom stereocenters. The zero-order valence-electron chi connectivity index (χ0n) is 15.0. The van der Waals surface area contributed by atoms with E-state index in [0.29, 0.717) is 12.5 Å². The minimum Gasteiger partial charge on any atom is -0.381 e. The molecule has 2 amide bonds. The van der Waals surface area contributed by atoms with Crippen LogP contribution in [-0.4, -0.2) is 35.6 Å². The maximum absolute atomic E-state index is 12.2. The van der Waals surface area contributed by atoms with Crippen molar-refractivity contribution in [2.45, 2.75) is 46.5 Å². The van der Waals surface area contributed by atoms with Crippen molar-refractivity contribution in [1.82, 2.24) is 15.1 Å². The van der Waals surface area contributed by atoms with Gasteiger partial charge in [-0.3, -0.25) is 4.68 Å². The molecule has 0 bridgehead atoms. The van der Waals surface area contributed by atoms with Crippen molar-refractivity contribution in [3.63, 3.8) is 0 Å². The van der Waals surface area contributed by atoms with Crippen LogP contribution in [0.4, 0.5) is 10.5 Å². The first kappa shape index (κ1) is 17.8. The normalized spacial score (nSPS) is 16.6. The summed E-state index contributed by atoms with van der Waals surface area (Å²) in [6, 6.07) is -0.167. The maximum Gasteiger partial charge on any atom is 0.319 e. The average Bonchev–Trinajstić information content (AvgIpc) is 2.87. The second kappa shape index (κ2) is 7.34. The Labute approximate surface area is 139 Å². The molecule has 6 heteroatoms. The first-order valence-electron chi connectivity index (χ1n) is 8.45. The van der Waals surface area contributed by atoms with Gasteiger partial charge in [-0.25, -0.2) is 4.79 Å². The van der Waals surface area contributed by atoms with Gasteiger partial charge in [-0.05, 0) is 30.1 Å². The number of amides is 2. The number of anilines is 1. The number of nitrogens with zero attached hydrogens (tertiary/aromatic N) is 2. The van der Waals surface area contributed by atoms with Crippen LogP contribution in [0.3, 0.4) is 0 Å². The third kappa shape index (κ3) is 4.70. The summed E-state index contributed by atoms with van der Waals surface area (Å²) < 4.78 is 7.16. The molecule has 1 aliphatic heterocycles. The van der Waals surface area contributed by atoms with Crippen molar-refractivity contribution in [3.8, 4) is 0 Å². The summed E-state index contributed by atoms with van der Waals surface area (Å²) in [5.41, 5.74) is 1.76. The van der Waals surface area contributed by atoms with Crippen molar-refractivity contribution < 1.29 is 9.53 Å². The van der Waals surface area contributed by atoms with Crippen molar-refractivity contribution in [3.05, 3.63) is 11.9 Å². The molecular weight excluding hydrogens is 292 g/mol. The van der Waals surface area contributed by atoms with Crippen LogP contribution in [0.2, 0.25) is 0 Å². The highest BCUT2D eigenvalue weighted by atomic mass is 16.5. The Hall–Kier alpha value is -1.56.